The molecule has 1 saturated carbocycles. The molecule has 1 atom stereocenters. The largest absolute Gasteiger partial charge is 0.490 e. The Kier molecular flexibility index (Phi) is 7.45. The summed E-state index contributed by atoms with van der Waals surface area (Å²) in [5.41, 5.74) is 0.594. The Morgan fingerprint density at radius 2 is 1.87 bits per heavy atom. The summed E-state index contributed by atoms with van der Waals surface area (Å²) in [7, 11) is 0. The number of carbonyl (C=O) groups excluding carboxylic acids is 2. The van der Waals surface area contributed by atoms with Crippen LogP contribution in [0.1, 0.15) is 55.3 Å². The molecule has 1 aromatic carbocycles. The van der Waals surface area contributed by atoms with E-state index in [1.54, 1.807) is 12.1 Å². The third-order valence-electron chi connectivity index (χ3n) is 6.72. The minimum atomic E-state index is -0.104. The Balaban J connectivity index is 1.22. The molecule has 7 heteroatoms. The van der Waals surface area contributed by atoms with Crippen molar-refractivity contribution in [1.82, 2.24) is 15.1 Å². The third-order valence-corrected chi connectivity index (χ3v) is 6.72. The van der Waals surface area contributed by atoms with E-state index in [9.17, 15) is 14.7 Å². The Bertz CT molecular complexity index is 759. The Morgan fingerprint density at radius 1 is 1.06 bits per heavy atom. The first kappa shape index (κ1) is 22.1. The third kappa shape index (κ3) is 5.98. The van der Waals surface area contributed by atoms with Crippen LogP contribution in [-0.4, -0.2) is 78.2 Å². The lowest BCUT2D eigenvalue weighted by Gasteiger charge is -2.34. The number of carbonyl (C=O) groups is 2. The second-order valence-electron chi connectivity index (χ2n) is 9.07. The predicted octanol–water partition coefficient (Wildman–Crippen LogP) is 2.04. The maximum atomic E-state index is 12.6. The molecule has 0 spiro atoms. The fourth-order valence-corrected chi connectivity index (χ4v) is 4.66. The Hall–Kier alpha value is -2.12. The van der Waals surface area contributed by atoms with Crippen LogP contribution in [0.2, 0.25) is 0 Å². The number of amides is 2. The van der Waals surface area contributed by atoms with E-state index in [-0.39, 0.29) is 30.6 Å². The molecule has 0 bridgehead atoms. The molecule has 0 radical (unpaired) electrons. The maximum absolute atomic E-state index is 12.6. The quantitative estimate of drug-likeness (QED) is 0.661. The molecule has 3 aliphatic rings. The molecule has 2 amide bonds. The standard InChI is InChI=1S/C24H35N3O4/c28-17-20-5-1-2-12-26(20)15-11-25-23(29)19-4-3-6-22(16-19)31-21-9-13-27(14-10-21)24(30)18-7-8-18/h3-4,6,16,18,20-21,28H,1-2,5,7-15,17H2,(H,25,29). The van der Waals surface area contributed by atoms with Crippen LogP contribution in [0.25, 0.3) is 0 Å². The van der Waals surface area contributed by atoms with Crippen molar-refractivity contribution in [1.29, 1.82) is 0 Å². The van der Waals surface area contributed by atoms with Crippen LogP contribution < -0.4 is 10.1 Å². The van der Waals surface area contributed by atoms with E-state index >= 15 is 0 Å². The van der Waals surface area contributed by atoms with Gasteiger partial charge in [-0.2, -0.15) is 0 Å². The Labute approximate surface area is 184 Å². The van der Waals surface area contributed by atoms with Crippen molar-refractivity contribution in [3.63, 3.8) is 0 Å². The van der Waals surface area contributed by atoms with E-state index in [0.29, 0.717) is 23.8 Å². The minimum Gasteiger partial charge on any atom is -0.490 e. The topological polar surface area (TPSA) is 82.1 Å². The van der Waals surface area contributed by atoms with Gasteiger partial charge in [0.25, 0.3) is 5.91 Å². The fourth-order valence-electron chi connectivity index (χ4n) is 4.66. The molecule has 31 heavy (non-hydrogen) atoms. The van der Waals surface area contributed by atoms with Crippen LogP contribution in [0.5, 0.6) is 5.75 Å². The minimum absolute atomic E-state index is 0.0797. The highest BCUT2D eigenvalue weighted by atomic mass is 16.5. The predicted molar refractivity (Wildman–Crippen MR) is 118 cm³/mol. The van der Waals surface area contributed by atoms with Crippen LogP contribution in [0.3, 0.4) is 0 Å². The van der Waals surface area contributed by atoms with E-state index in [0.717, 1.165) is 71.1 Å². The molecule has 2 saturated heterocycles. The van der Waals surface area contributed by atoms with Gasteiger partial charge < -0.3 is 20.1 Å². The molecule has 3 fully saturated rings. The van der Waals surface area contributed by atoms with Crippen molar-refractivity contribution >= 4 is 11.8 Å². The summed E-state index contributed by atoms with van der Waals surface area (Å²) < 4.78 is 6.12. The van der Waals surface area contributed by atoms with E-state index in [1.807, 2.05) is 17.0 Å². The van der Waals surface area contributed by atoms with Crippen molar-refractivity contribution < 1.29 is 19.4 Å². The summed E-state index contributed by atoms with van der Waals surface area (Å²) in [5.74, 6) is 1.19. The smallest absolute Gasteiger partial charge is 0.251 e. The van der Waals surface area contributed by atoms with Crippen LogP contribution in [0, 0.1) is 5.92 Å². The summed E-state index contributed by atoms with van der Waals surface area (Å²) >= 11 is 0. The monoisotopic (exact) mass is 429 g/mol. The molecule has 170 valence electrons. The first-order valence-corrected chi connectivity index (χ1v) is 11.8. The van der Waals surface area contributed by atoms with Crippen molar-refractivity contribution in [2.45, 2.75) is 57.1 Å². The Morgan fingerprint density at radius 3 is 2.61 bits per heavy atom. The van der Waals surface area contributed by atoms with Crippen LogP contribution in [0.4, 0.5) is 0 Å². The fraction of sp³-hybridized carbons (Fsp3) is 0.667. The number of nitrogens with zero attached hydrogens (tertiary/aromatic N) is 2. The summed E-state index contributed by atoms with van der Waals surface area (Å²) in [6.07, 6.45) is 7.17. The number of hydrogen-bond acceptors (Lipinski definition) is 5. The summed E-state index contributed by atoms with van der Waals surface area (Å²) in [6, 6.07) is 7.55. The van der Waals surface area contributed by atoms with Crippen LogP contribution in [-0.2, 0) is 4.79 Å². The van der Waals surface area contributed by atoms with E-state index in [4.69, 9.17) is 4.74 Å². The number of ether oxygens (including phenoxy) is 1. The lowest BCUT2D eigenvalue weighted by atomic mass is 10.0. The zero-order valence-corrected chi connectivity index (χ0v) is 18.3. The highest BCUT2D eigenvalue weighted by Gasteiger charge is 2.35. The van der Waals surface area contributed by atoms with Crippen LogP contribution in [0.15, 0.2) is 24.3 Å². The van der Waals surface area contributed by atoms with Crippen molar-refractivity contribution in [3.8, 4) is 5.75 Å². The molecular formula is C24H35N3O4. The molecule has 1 aromatic rings. The van der Waals surface area contributed by atoms with Crippen molar-refractivity contribution in [2.75, 3.05) is 39.3 Å². The second kappa shape index (κ2) is 10.5. The number of rotatable bonds is 8. The molecule has 2 heterocycles. The number of benzene rings is 1. The first-order valence-electron chi connectivity index (χ1n) is 11.8. The van der Waals surface area contributed by atoms with Gasteiger partial charge in [-0.25, -0.2) is 0 Å². The van der Waals surface area contributed by atoms with Gasteiger partial charge in [-0.15, -0.1) is 0 Å². The van der Waals surface area contributed by atoms with Gasteiger partial charge >= 0.3 is 0 Å². The molecular weight excluding hydrogens is 394 g/mol. The summed E-state index contributed by atoms with van der Waals surface area (Å²) in [6.45, 7) is 3.99. The second-order valence-corrected chi connectivity index (χ2v) is 9.07. The molecule has 2 N–H and O–H groups in total. The van der Waals surface area contributed by atoms with Gasteiger partial charge in [0.1, 0.15) is 11.9 Å². The lowest BCUT2D eigenvalue weighted by Crippen LogP contribution is -2.45. The average Bonchev–Trinajstić information content (AvgIpc) is 3.65. The first-order chi connectivity index (χ1) is 15.1. The number of aliphatic hydroxyl groups excluding tert-OH is 1. The maximum Gasteiger partial charge on any atom is 0.251 e. The van der Waals surface area contributed by atoms with Gasteiger partial charge in [0.2, 0.25) is 5.91 Å². The average molecular weight is 430 g/mol. The summed E-state index contributed by atoms with van der Waals surface area (Å²) in [4.78, 5) is 29.0. The number of piperidine rings is 2. The van der Waals surface area contributed by atoms with Crippen molar-refractivity contribution in [3.05, 3.63) is 29.8 Å². The highest BCUT2D eigenvalue weighted by molar-refractivity contribution is 5.94. The lowest BCUT2D eigenvalue weighted by molar-refractivity contribution is -0.134. The van der Waals surface area contributed by atoms with Gasteiger partial charge in [-0.1, -0.05) is 12.5 Å². The molecule has 4 rings (SSSR count). The number of hydrogen-bond donors (Lipinski definition) is 2. The molecule has 7 nitrogen and oxygen atoms in total. The van der Waals surface area contributed by atoms with Crippen molar-refractivity contribution in [2.24, 2.45) is 5.92 Å². The van der Waals surface area contributed by atoms with E-state index in [2.05, 4.69) is 10.2 Å². The molecule has 2 aliphatic heterocycles. The number of aliphatic hydroxyl groups is 1. The van der Waals surface area contributed by atoms with E-state index < -0.39 is 0 Å². The molecule has 1 aliphatic carbocycles. The molecule has 1 unspecified atom stereocenters. The number of nitrogens with one attached hydrogen (secondary N) is 1. The van der Waals surface area contributed by atoms with Gasteiger partial charge in [-0.05, 0) is 50.4 Å². The number of likely N-dealkylation sites (tertiary alicyclic amines) is 2. The SMILES string of the molecule is O=C(NCCN1CCCCC1CO)c1cccc(OC2CCN(C(=O)C3CC3)CC2)c1. The van der Waals surface area contributed by atoms with Gasteiger partial charge in [0.05, 0.1) is 6.61 Å². The van der Waals surface area contributed by atoms with Gasteiger partial charge in [0.15, 0.2) is 0 Å². The van der Waals surface area contributed by atoms with Gasteiger partial charge in [0, 0.05) is 56.5 Å². The normalized spacial score (nSPS) is 22.9. The highest BCUT2D eigenvalue weighted by Crippen LogP contribution is 2.32. The molecule has 0 aromatic heterocycles. The van der Waals surface area contributed by atoms with Gasteiger partial charge in [-0.3, -0.25) is 14.5 Å². The zero-order valence-electron chi connectivity index (χ0n) is 18.3. The zero-order chi connectivity index (χ0) is 21.6. The van der Waals surface area contributed by atoms with Crippen LogP contribution >= 0.6 is 0 Å². The van der Waals surface area contributed by atoms with E-state index in [1.165, 1.54) is 0 Å². The summed E-state index contributed by atoms with van der Waals surface area (Å²) in [5, 5.41) is 12.5.